The highest BCUT2D eigenvalue weighted by atomic mass is 14.4. The van der Waals surface area contributed by atoms with Crippen LogP contribution in [0.1, 0.15) is 19.3 Å². The Balaban J connectivity index is 1.98. The Bertz CT molecular complexity index is 222. The highest BCUT2D eigenvalue weighted by Crippen LogP contribution is 2.50. The first-order valence-corrected chi connectivity index (χ1v) is 4.30. The van der Waals surface area contributed by atoms with Crippen LogP contribution in [0, 0.1) is 17.8 Å². The lowest BCUT2D eigenvalue weighted by Crippen LogP contribution is -2.30. The van der Waals surface area contributed by atoms with Crippen LogP contribution in [0.5, 0.6) is 0 Å². The zero-order valence-corrected chi connectivity index (χ0v) is 6.09. The Hall–Kier alpha value is -0.520. The molecule has 10 heavy (non-hydrogen) atoms. The lowest BCUT2D eigenvalue weighted by Gasteiger charge is -2.41. The van der Waals surface area contributed by atoms with E-state index in [0.29, 0.717) is 0 Å². The fourth-order valence-electron chi connectivity index (χ4n) is 2.74. The van der Waals surface area contributed by atoms with Crippen molar-refractivity contribution in [1.29, 1.82) is 0 Å². The molecule has 0 heteroatoms. The summed E-state index contributed by atoms with van der Waals surface area (Å²) in [7, 11) is 0. The lowest BCUT2D eigenvalue weighted by atomic mass is 9.64. The van der Waals surface area contributed by atoms with Gasteiger partial charge in [-0.15, -0.1) is 0 Å². The van der Waals surface area contributed by atoms with E-state index in [1.54, 1.807) is 5.57 Å². The van der Waals surface area contributed by atoms with Crippen LogP contribution in [0.15, 0.2) is 23.8 Å². The fourth-order valence-corrected chi connectivity index (χ4v) is 2.74. The van der Waals surface area contributed by atoms with Gasteiger partial charge in [-0.2, -0.15) is 0 Å². The van der Waals surface area contributed by atoms with Gasteiger partial charge in [0.1, 0.15) is 0 Å². The van der Waals surface area contributed by atoms with E-state index in [1.807, 2.05) is 0 Å². The van der Waals surface area contributed by atoms with Crippen LogP contribution in [0.2, 0.25) is 0 Å². The lowest BCUT2D eigenvalue weighted by molar-refractivity contribution is 0.257. The third kappa shape index (κ3) is 0.484. The average molecular weight is 132 g/mol. The number of allylic oxidation sites excluding steroid dienone is 4. The third-order valence-corrected chi connectivity index (χ3v) is 3.31. The molecule has 0 amide bonds. The summed E-state index contributed by atoms with van der Waals surface area (Å²) >= 11 is 0. The van der Waals surface area contributed by atoms with Gasteiger partial charge in [-0.1, -0.05) is 23.8 Å². The van der Waals surface area contributed by atoms with E-state index in [4.69, 9.17) is 0 Å². The van der Waals surface area contributed by atoms with E-state index in [-0.39, 0.29) is 0 Å². The topological polar surface area (TPSA) is 0 Å². The SMILES string of the molecule is C1=CC2C3C=C(C3)CC2C1. The minimum atomic E-state index is 0.942. The summed E-state index contributed by atoms with van der Waals surface area (Å²) in [5.41, 5.74) is 1.75. The number of hydrogen-bond donors (Lipinski definition) is 0. The van der Waals surface area contributed by atoms with Gasteiger partial charge in [0.05, 0.1) is 0 Å². The summed E-state index contributed by atoms with van der Waals surface area (Å²) in [4.78, 5) is 0. The molecule has 0 N–H and O–H groups in total. The van der Waals surface area contributed by atoms with Gasteiger partial charge in [0.2, 0.25) is 0 Å². The maximum absolute atomic E-state index is 2.50. The second kappa shape index (κ2) is 1.55. The maximum atomic E-state index is 2.50. The number of hydrogen-bond acceptors (Lipinski definition) is 0. The van der Waals surface area contributed by atoms with Crippen LogP contribution in [0.3, 0.4) is 0 Å². The van der Waals surface area contributed by atoms with Crippen LogP contribution in [-0.4, -0.2) is 0 Å². The molecular weight excluding hydrogens is 120 g/mol. The molecule has 0 nitrogen and oxygen atoms in total. The van der Waals surface area contributed by atoms with Crippen molar-refractivity contribution >= 4 is 0 Å². The van der Waals surface area contributed by atoms with Crippen LogP contribution in [0.4, 0.5) is 0 Å². The van der Waals surface area contributed by atoms with Gasteiger partial charge in [-0.25, -0.2) is 0 Å². The van der Waals surface area contributed by atoms with Crippen molar-refractivity contribution in [1.82, 2.24) is 0 Å². The Morgan fingerprint density at radius 1 is 1.30 bits per heavy atom. The van der Waals surface area contributed by atoms with Gasteiger partial charge in [0, 0.05) is 0 Å². The highest BCUT2D eigenvalue weighted by Gasteiger charge is 2.39. The van der Waals surface area contributed by atoms with Crippen molar-refractivity contribution in [2.75, 3.05) is 0 Å². The summed E-state index contributed by atoms with van der Waals surface area (Å²) < 4.78 is 0. The van der Waals surface area contributed by atoms with E-state index in [9.17, 15) is 0 Å². The molecule has 3 atom stereocenters. The molecule has 0 aromatic carbocycles. The minimum Gasteiger partial charge on any atom is -0.0879 e. The monoisotopic (exact) mass is 132 g/mol. The zero-order chi connectivity index (χ0) is 6.55. The Morgan fingerprint density at radius 2 is 2.20 bits per heavy atom. The van der Waals surface area contributed by atoms with E-state index in [1.165, 1.54) is 19.3 Å². The van der Waals surface area contributed by atoms with Crippen molar-refractivity contribution in [3.05, 3.63) is 23.8 Å². The molecule has 0 saturated heterocycles. The van der Waals surface area contributed by atoms with E-state index >= 15 is 0 Å². The summed E-state index contributed by atoms with van der Waals surface area (Å²) in [6.45, 7) is 0. The molecule has 1 saturated carbocycles. The number of rotatable bonds is 0. The second-order valence-electron chi connectivity index (χ2n) is 3.90. The van der Waals surface area contributed by atoms with Crippen molar-refractivity contribution < 1.29 is 0 Å². The fraction of sp³-hybridized carbons (Fsp3) is 0.600. The molecule has 0 aliphatic heterocycles. The molecule has 1 fully saturated rings. The van der Waals surface area contributed by atoms with Gasteiger partial charge in [0.15, 0.2) is 0 Å². The van der Waals surface area contributed by atoms with Gasteiger partial charge < -0.3 is 0 Å². The van der Waals surface area contributed by atoms with Gasteiger partial charge in [-0.3, -0.25) is 0 Å². The Morgan fingerprint density at radius 3 is 3.00 bits per heavy atom. The first kappa shape index (κ1) is 5.17. The largest absolute Gasteiger partial charge is 0.0879 e. The normalized spacial score (nSPS) is 48.0. The second-order valence-corrected chi connectivity index (χ2v) is 3.90. The standard InChI is InChI=1S/C10H12/c1-2-8-4-7-5-9(6-7)10(8)3-1/h1,3,5,8-10H,2,4,6H2. The predicted octanol–water partition coefficient (Wildman–Crippen LogP) is 2.53. The first-order valence-electron chi connectivity index (χ1n) is 4.30. The van der Waals surface area contributed by atoms with Crippen molar-refractivity contribution in [3.8, 4) is 0 Å². The minimum absolute atomic E-state index is 0.942. The molecule has 4 aliphatic carbocycles. The van der Waals surface area contributed by atoms with Gasteiger partial charge in [-0.05, 0) is 37.0 Å². The molecule has 0 spiro atoms. The maximum Gasteiger partial charge on any atom is -0.0128 e. The summed E-state index contributed by atoms with van der Waals surface area (Å²) in [6, 6.07) is 0. The molecule has 0 heterocycles. The molecule has 0 aromatic rings. The van der Waals surface area contributed by atoms with Crippen LogP contribution < -0.4 is 0 Å². The summed E-state index contributed by atoms with van der Waals surface area (Å²) in [5, 5.41) is 0. The van der Waals surface area contributed by atoms with Crippen molar-refractivity contribution in [2.45, 2.75) is 19.3 Å². The molecule has 0 radical (unpaired) electrons. The molecule has 4 aliphatic rings. The zero-order valence-electron chi connectivity index (χ0n) is 6.09. The highest BCUT2D eigenvalue weighted by molar-refractivity contribution is 5.28. The van der Waals surface area contributed by atoms with Crippen LogP contribution in [0.25, 0.3) is 0 Å². The molecule has 0 aromatic heterocycles. The average Bonchev–Trinajstić information content (AvgIpc) is 2.29. The predicted molar refractivity (Wildman–Crippen MR) is 41.5 cm³/mol. The Labute approximate surface area is 61.6 Å². The van der Waals surface area contributed by atoms with Gasteiger partial charge in [0.25, 0.3) is 0 Å². The van der Waals surface area contributed by atoms with E-state index in [0.717, 1.165) is 17.8 Å². The van der Waals surface area contributed by atoms with Crippen LogP contribution in [-0.2, 0) is 0 Å². The smallest absolute Gasteiger partial charge is 0.0128 e. The third-order valence-electron chi connectivity index (χ3n) is 3.31. The quantitative estimate of drug-likeness (QED) is 0.444. The summed E-state index contributed by atoms with van der Waals surface area (Å²) in [5.74, 6) is 2.91. The van der Waals surface area contributed by atoms with Crippen molar-refractivity contribution in [2.24, 2.45) is 17.8 Å². The van der Waals surface area contributed by atoms with E-state index in [2.05, 4.69) is 18.2 Å². The van der Waals surface area contributed by atoms with Crippen molar-refractivity contribution in [3.63, 3.8) is 0 Å². The Kier molecular flexibility index (Phi) is 0.803. The molecule has 4 rings (SSSR count). The molecular formula is C10H12. The molecule has 3 unspecified atom stereocenters. The van der Waals surface area contributed by atoms with Crippen LogP contribution >= 0.6 is 0 Å². The van der Waals surface area contributed by atoms with E-state index < -0.39 is 0 Å². The van der Waals surface area contributed by atoms with Gasteiger partial charge >= 0.3 is 0 Å². The summed E-state index contributed by atoms with van der Waals surface area (Å²) in [6.07, 6.45) is 11.5. The molecule has 52 valence electrons. The first-order chi connectivity index (χ1) is 4.93. The molecule has 2 bridgehead atoms.